The monoisotopic (exact) mass is 397 g/mol. The van der Waals surface area contributed by atoms with Crippen LogP contribution in [0, 0.1) is 0 Å². The predicted molar refractivity (Wildman–Crippen MR) is 111 cm³/mol. The molecular weight excluding hydrogens is 359 g/mol. The zero-order valence-electron chi connectivity index (χ0n) is 17.3. The van der Waals surface area contributed by atoms with E-state index in [1.165, 1.54) is 58.3 Å². The zero-order valence-corrected chi connectivity index (χ0v) is 20.1. The van der Waals surface area contributed by atoms with Gasteiger partial charge in [-0.1, -0.05) is 70.4 Å². The second-order valence-corrected chi connectivity index (χ2v) is 8.50. The molecule has 1 radical (unpaired) electrons. The minimum atomic E-state index is -3.65. The summed E-state index contributed by atoms with van der Waals surface area (Å²) in [6, 6.07) is 0. The van der Waals surface area contributed by atoms with Gasteiger partial charge in [-0.05, 0) is 39.0 Å². The number of hydrogen-bond acceptors (Lipinski definition) is 4. The molecule has 0 spiro atoms. The topological polar surface area (TPSA) is 60.4 Å². The molecule has 0 aromatic carbocycles. The van der Waals surface area contributed by atoms with Crippen LogP contribution >= 0.6 is 0 Å². The van der Waals surface area contributed by atoms with Crippen molar-refractivity contribution in [1.82, 2.24) is 0 Å². The Bertz CT molecular complexity index is 447. The second kappa shape index (κ2) is 19.9. The first-order chi connectivity index (χ1) is 12.0. The Kier molecular flexibility index (Phi) is 21.7. The van der Waals surface area contributed by atoms with E-state index < -0.39 is 16.1 Å². The van der Waals surface area contributed by atoms with E-state index in [1.807, 2.05) is 0 Å². The largest absolute Gasteiger partial charge is 0.346 e. The molecular formula is C20H38NaO4S. The standard InChI is InChI=1S/C20H38O4S.Na/c1-3-5-6-7-8-9-10-11-12-13-14-15-16-17-18-19-20(21)24-25(22,23)4-2;/h11-12H,3-10,13-19H2,1-2H3;/b12-11-;. The van der Waals surface area contributed by atoms with Gasteiger partial charge in [-0.15, -0.1) is 0 Å². The average Bonchev–Trinajstić information content (AvgIpc) is 2.58. The fraction of sp³-hybridized carbons (Fsp3) is 0.850. The van der Waals surface area contributed by atoms with E-state index in [-0.39, 0.29) is 41.7 Å². The summed E-state index contributed by atoms with van der Waals surface area (Å²) in [6.07, 6.45) is 20.3. The quantitative estimate of drug-likeness (QED) is 0.140. The number of rotatable bonds is 17. The van der Waals surface area contributed by atoms with E-state index in [0.29, 0.717) is 6.42 Å². The molecule has 0 fully saturated rings. The Morgan fingerprint density at radius 1 is 0.769 bits per heavy atom. The summed E-state index contributed by atoms with van der Waals surface area (Å²) in [5.41, 5.74) is 0. The summed E-state index contributed by atoms with van der Waals surface area (Å²) < 4.78 is 26.7. The molecule has 0 aliphatic rings. The number of unbranched alkanes of at least 4 members (excludes halogenated alkanes) is 11. The molecule has 0 saturated carbocycles. The smallest absolute Gasteiger partial charge is 0.322 e. The van der Waals surface area contributed by atoms with Crippen molar-refractivity contribution in [2.75, 3.05) is 5.75 Å². The van der Waals surface area contributed by atoms with E-state index in [1.54, 1.807) is 0 Å². The normalized spacial score (nSPS) is 11.5. The van der Waals surface area contributed by atoms with Gasteiger partial charge in [-0.3, -0.25) is 4.79 Å². The summed E-state index contributed by atoms with van der Waals surface area (Å²) in [5, 5.41) is 0. The summed E-state index contributed by atoms with van der Waals surface area (Å²) in [6.45, 7) is 3.71. The van der Waals surface area contributed by atoms with Crippen LogP contribution in [0.4, 0.5) is 0 Å². The van der Waals surface area contributed by atoms with Crippen LogP contribution in [0.5, 0.6) is 0 Å². The van der Waals surface area contributed by atoms with E-state index >= 15 is 0 Å². The molecule has 0 unspecified atom stereocenters. The van der Waals surface area contributed by atoms with Crippen LogP contribution in [-0.2, 0) is 19.1 Å². The van der Waals surface area contributed by atoms with E-state index in [9.17, 15) is 13.2 Å². The minimum absolute atomic E-state index is 0. The van der Waals surface area contributed by atoms with E-state index in [2.05, 4.69) is 23.3 Å². The average molecular weight is 398 g/mol. The molecule has 0 aliphatic heterocycles. The van der Waals surface area contributed by atoms with Gasteiger partial charge in [0.2, 0.25) is 0 Å². The van der Waals surface area contributed by atoms with Gasteiger partial charge >= 0.3 is 16.1 Å². The molecule has 0 amide bonds. The zero-order chi connectivity index (χ0) is 18.8. The van der Waals surface area contributed by atoms with Crippen LogP contribution in [0.3, 0.4) is 0 Å². The molecule has 0 aromatic rings. The molecule has 4 nitrogen and oxygen atoms in total. The third-order valence-electron chi connectivity index (χ3n) is 4.22. The molecule has 0 bridgehead atoms. The van der Waals surface area contributed by atoms with Gasteiger partial charge in [0.25, 0.3) is 0 Å². The first-order valence-electron chi connectivity index (χ1n) is 10.1. The van der Waals surface area contributed by atoms with Crippen LogP contribution < -0.4 is 0 Å². The van der Waals surface area contributed by atoms with E-state index in [0.717, 1.165) is 25.7 Å². The van der Waals surface area contributed by atoms with Crippen molar-refractivity contribution >= 4 is 45.6 Å². The molecule has 0 aromatic heterocycles. The van der Waals surface area contributed by atoms with Crippen LogP contribution in [0.15, 0.2) is 12.2 Å². The van der Waals surface area contributed by atoms with Crippen molar-refractivity contribution in [2.45, 2.75) is 104 Å². The van der Waals surface area contributed by atoms with Crippen molar-refractivity contribution < 1.29 is 17.4 Å². The predicted octanol–water partition coefficient (Wildman–Crippen LogP) is 5.54. The molecule has 0 atom stereocenters. The SMILES string of the molecule is CCCCCCCC/C=C\CCCCCCCC(=O)OS(=O)(=O)CC.[Na]. The van der Waals surface area contributed by atoms with Crippen LogP contribution in [0.1, 0.15) is 104 Å². The molecule has 26 heavy (non-hydrogen) atoms. The molecule has 0 N–H and O–H groups in total. The van der Waals surface area contributed by atoms with Gasteiger partial charge in [-0.2, -0.15) is 8.42 Å². The van der Waals surface area contributed by atoms with Crippen molar-refractivity contribution in [3.63, 3.8) is 0 Å². The summed E-state index contributed by atoms with van der Waals surface area (Å²) >= 11 is 0. The Labute approximate surface area is 184 Å². The first-order valence-corrected chi connectivity index (χ1v) is 11.7. The van der Waals surface area contributed by atoms with Crippen molar-refractivity contribution in [2.24, 2.45) is 0 Å². The van der Waals surface area contributed by atoms with Crippen LogP contribution in [0.25, 0.3) is 0 Å². The number of allylic oxidation sites excluding steroid dienone is 2. The van der Waals surface area contributed by atoms with Gasteiger partial charge in [0.1, 0.15) is 0 Å². The van der Waals surface area contributed by atoms with Crippen molar-refractivity contribution in [3.05, 3.63) is 12.2 Å². The number of carbonyl (C=O) groups excluding carboxylic acids is 1. The number of hydrogen-bond donors (Lipinski definition) is 0. The van der Waals surface area contributed by atoms with Gasteiger partial charge in [-0.25, -0.2) is 0 Å². The summed E-state index contributed by atoms with van der Waals surface area (Å²) in [7, 11) is -3.65. The number of carbonyl (C=O) groups is 1. The van der Waals surface area contributed by atoms with E-state index in [4.69, 9.17) is 0 Å². The van der Waals surface area contributed by atoms with Gasteiger partial charge in [0.15, 0.2) is 0 Å². The molecule has 0 saturated heterocycles. The maximum absolute atomic E-state index is 11.3. The van der Waals surface area contributed by atoms with Crippen molar-refractivity contribution in [3.8, 4) is 0 Å². The fourth-order valence-corrected chi connectivity index (χ4v) is 3.07. The van der Waals surface area contributed by atoms with Crippen LogP contribution in [0.2, 0.25) is 0 Å². The van der Waals surface area contributed by atoms with Gasteiger partial charge in [0, 0.05) is 36.0 Å². The molecule has 6 heteroatoms. The third-order valence-corrected chi connectivity index (χ3v) is 5.36. The molecule has 149 valence electrons. The Morgan fingerprint density at radius 2 is 1.23 bits per heavy atom. The van der Waals surface area contributed by atoms with Crippen molar-refractivity contribution in [1.29, 1.82) is 0 Å². The third kappa shape index (κ3) is 20.5. The fourth-order valence-electron chi connectivity index (χ4n) is 2.58. The summed E-state index contributed by atoms with van der Waals surface area (Å²) in [5.74, 6) is -0.787. The maximum Gasteiger partial charge on any atom is 0.322 e. The maximum atomic E-state index is 11.3. The second-order valence-electron chi connectivity index (χ2n) is 6.64. The Balaban J connectivity index is 0. The summed E-state index contributed by atoms with van der Waals surface area (Å²) in [4.78, 5) is 11.3. The van der Waals surface area contributed by atoms with Crippen LogP contribution in [-0.4, -0.2) is 49.7 Å². The molecule has 0 aliphatic carbocycles. The Hall–Kier alpha value is 0.160. The van der Waals surface area contributed by atoms with Gasteiger partial charge in [0.05, 0.1) is 5.75 Å². The minimum Gasteiger partial charge on any atom is -0.346 e. The molecule has 0 heterocycles. The first kappa shape index (κ1) is 28.4. The molecule has 0 rings (SSSR count). The van der Waals surface area contributed by atoms with Gasteiger partial charge < -0.3 is 4.18 Å². The Morgan fingerprint density at radius 3 is 1.73 bits per heavy atom.